The Morgan fingerprint density at radius 3 is 2.69 bits per heavy atom. The van der Waals surface area contributed by atoms with Crippen molar-refractivity contribution >= 4 is 11.3 Å². The van der Waals surface area contributed by atoms with E-state index in [0.29, 0.717) is 11.4 Å². The SMILES string of the molecule is FC(F)(F)c1cccc(-c2ccc(CN3CCc4nc(-c5cccnc5)ncc4C3)s2)c1. The molecule has 4 nitrogen and oxygen atoms in total. The van der Waals surface area contributed by atoms with Crippen LogP contribution in [0.4, 0.5) is 13.2 Å². The summed E-state index contributed by atoms with van der Waals surface area (Å²) in [6.45, 7) is 2.36. The molecule has 1 aromatic carbocycles. The summed E-state index contributed by atoms with van der Waals surface area (Å²) in [5.74, 6) is 0.689. The van der Waals surface area contributed by atoms with E-state index in [1.807, 2.05) is 30.5 Å². The summed E-state index contributed by atoms with van der Waals surface area (Å²) >= 11 is 1.53. The molecule has 0 aliphatic carbocycles. The van der Waals surface area contributed by atoms with Gasteiger partial charge in [-0.05, 0) is 42.0 Å². The first-order valence-electron chi connectivity index (χ1n) is 10.2. The lowest BCUT2D eigenvalue weighted by molar-refractivity contribution is -0.137. The van der Waals surface area contributed by atoms with E-state index >= 15 is 0 Å². The largest absolute Gasteiger partial charge is 0.416 e. The third-order valence-corrected chi connectivity index (χ3v) is 6.57. The quantitative estimate of drug-likeness (QED) is 0.390. The van der Waals surface area contributed by atoms with E-state index in [1.54, 1.807) is 18.5 Å². The van der Waals surface area contributed by atoms with E-state index in [-0.39, 0.29) is 0 Å². The molecule has 1 aliphatic rings. The molecule has 162 valence electrons. The second-order valence-electron chi connectivity index (χ2n) is 7.71. The molecule has 0 saturated carbocycles. The van der Waals surface area contributed by atoms with Crippen molar-refractivity contribution < 1.29 is 13.2 Å². The minimum absolute atomic E-state index is 0.594. The van der Waals surface area contributed by atoms with E-state index in [2.05, 4.69) is 14.9 Å². The van der Waals surface area contributed by atoms with Crippen molar-refractivity contribution in [3.63, 3.8) is 0 Å². The second kappa shape index (κ2) is 8.44. The van der Waals surface area contributed by atoms with Crippen LogP contribution >= 0.6 is 11.3 Å². The highest BCUT2D eigenvalue weighted by Gasteiger charge is 2.30. The van der Waals surface area contributed by atoms with Crippen molar-refractivity contribution in [2.75, 3.05) is 6.54 Å². The molecule has 4 aromatic rings. The molecule has 0 saturated heterocycles. The van der Waals surface area contributed by atoms with Crippen LogP contribution in [0.15, 0.2) is 67.1 Å². The van der Waals surface area contributed by atoms with Gasteiger partial charge in [-0.2, -0.15) is 13.2 Å². The number of thiophene rings is 1. The molecule has 0 radical (unpaired) electrons. The smallest absolute Gasteiger partial charge is 0.293 e. The van der Waals surface area contributed by atoms with E-state index in [4.69, 9.17) is 4.98 Å². The standard InChI is InChI=1S/C24H19F3N4S/c25-24(26,27)19-5-1-3-16(11-19)22-7-6-20(32-22)15-31-10-8-21-18(14-31)13-29-23(30-21)17-4-2-9-28-12-17/h1-7,9,11-13H,8,10,14-15H2. The van der Waals surface area contributed by atoms with Gasteiger partial charge in [0.15, 0.2) is 5.82 Å². The van der Waals surface area contributed by atoms with E-state index < -0.39 is 11.7 Å². The van der Waals surface area contributed by atoms with Crippen LogP contribution in [0.3, 0.4) is 0 Å². The van der Waals surface area contributed by atoms with Crippen LogP contribution in [0, 0.1) is 0 Å². The fourth-order valence-electron chi connectivity index (χ4n) is 3.83. The Bertz CT molecular complexity index is 1240. The number of rotatable bonds is 4. The lowest BCUT2D eigenvalue weighted by Crippen LogP contribution is -2.30. The highest BCUT2D eigenvalue weighted by Crippen LogP contribution is 2.35. The predicted molar refractivity (Wildman–Crippen MR) is 118 cm³/mol. The molecule has 0 amide bonds. The fraction of sp³-hybridized carbons (Fsp3) is 0.208. The molecule has 4 heterocycles. The van der Waals surface area contributed by atoms with Crippen LogP contribution in [0.1, 0.15) is 21.7 Å². The zero-order valence-electron chi connectivity index (χ0n) is 17.0. The Labute approximate surface area is 187 Å². The van der Waals surface area contributed by atoms with Gasteiger partial charge in [0.05, 0.1) is 11.3 Å². The number of hydrogen-bond donors (Lipinski definition) is 0. The van der Waals surface area contributed by atoms with Gasteiger partial charge in [0.2, 0.25) is 0 Å². The van der Waals surface area contributed by atoms with Gasteiger partial charge in [0, 0.05) is 65.5 Å². The molecule has 1 aliphatic heterocycles. The molecule has 0 atom stereocenters. The Hall–Kier alpha value is -3.10. The number of nitrogens with zero attached hydrogens (tertiary/aromatic N) is 4. The van der Waals surface area contributed by atoms with Gasteiger partial charge in [0.25, 0.3) is 0 Å². The monoisotopic (exact) mass is 452 g/mol. The molecule has 3 aromatic heterocycles. The maximum absolute atomic E-state index is 13.0. The van der Waals surface area contributed by atoms with Crippen LogP contribution in [-0.4, -0.2) is 26.4 Å². The average Bonchev–Trinajstić information content (AvgIpc) is 3.27. The topological polar surface area (TPSA) is 41.9 Å². The molecule has 5 rings (SSSR count). The molecule has 0 N–H and O–H groups in total. The van der Waals surface area contributed by atoms with Crippen molar-refractivity contribution in [1.82, 2.24) is 19.9 Å². The van der Waals surface area contributed by atoms with Gasteiger partial charge in [-0.25, -0.2) is 9.97 Å². The maximum atomic E-state index is 13.0. The zero-order chi connectivity index (χ0) is 22.1. The van der Waals surface area contributed by atoms with Crippen molar-refractivity contribution in [3.05, 3.63) is 88.8 Å². The number of pyridine rings is 1. The third-order valence-electron chi connectivity index (χ3n) is 5.45. The van der Waals surface area contributed by atoms with Crippen molar-refractivity contribution in [3.8, 4) is 21.8 Å². The highest BCUT2D eigenvalue weighted by atomic mass is 32.1. The van der Waals surface area contributed by atoms with Gasteiger partial charge in [-0.1, -0.05) is 12.1 Å². The van der Waals surface area contributed by atoms with Crippen LogP contribution in [0.5, 0.6) is 0 Å². The lowest BCUT2D eigenvalue weighted by Gasteiger charge is -2.27. The number of benzene rings is 1. The van der Waals surface area contributed by atoms with Crippen LogP contribution in [-0.2, 0) is 25.7 Å². The number of halogens is 3. The summed E-state index contributed by atoms with van der Waals surface area (Å²) < 4.78 is 39.1. The first-order chi connectivity index (χ1) is 15.5. The molecule has 0 spiro atoms. The van der Waals surface area contributed by atoms with Crippen LogP contribution in [0.2, 0.25) is 0 Å². The Kier molecular flexibility index (Phi) is 5.48. The summed E-state index contributed by atoms with van der Waals surface area (Å²) in [5.41, 5.74) is 3.04. The number of alkyl halides is 3. The molecule has 0 fully saturated rings. The van der Waals surface area contributed by atoms with Gasteiger partial charge < -0.3 is 0 Å². The van der Waals surface area contributed by atoms with Gasteiger partial charge in [-0.3, -0.25) is 9.88 Å². The summed E-state index contributed by atoms with van der Waals surface area (Å²) in [4.78, 5) is 17.6. The minimum Gasteiger partial charge on any atom is -0.293 e. The van der Waals surface area contributed by atoms with Gasteiger partial charge in [-0.15, -0.1) is 11.3 Å². The normalized spacial score (nSPS) is 14.3. The number of hydrogen-bond acceptors (Lipinski definition) is 5. The first-order valence-corrected chi connectivity index (χ1v) is 11.0. The van der Waals surface area contributed by atoms with Gasteiger partial charge in [0.1, 0.15) is 0 Å². The lowest BCUT2D eigenvalue weighted by atomic mass is 10.1. The molecular formula is C24H19F3N4S. The Balaban J connectivity index is 1.29. The highest BCUT2D eigenvalue weighted by molar-refractivity contribution is 7.15. The summed E-state index contributed by atoms with van der Waals surface area (Å²) in [7, 11) is 0. The summed E-state index contributed by atoms with van der Waals surface area (Å²) in [6.07, 6.45) is 1.87. The van der Waals surface area contributed by atoms with Gasteiger partial charge >= 0.3 is 6.18 Å². The van der Waals surface area contributed by atoms with Crippen LogP contribution < -0.4 is 0 Å². The van der Waals surface area contributed by atoms with E-state index in [0.717, 1.165) is 58.7 Å². The number of aromatic nitrogens is 3. The summed E-state index contributed by atoms with van der Waals surface area (Å²) in [6, 6.07) is 13.2. The average molecular weight is 453 g/mol. The molecular weight excluding hydrogens is 433 g/mol. The second-order valence-corrected chi connectivity index (χ2v) is 8.88. The van der Waals surface area contributed by atoms with Crippen molar-refractivity contribution in [1.29, 1.82) is 0 Å². The summed E-state index contributed by atoms with van der Waals surface area (Å²) in [5, 5.41) is 0. The maximum Gasteiger partial charge on any atom is 0.416 e. The molecule has 0 bridgehead atoms. The minimum atomic E-state index is -4.34. The van der Waals surface area contributed by atoms with Crippen molar-refractivity contribution in [2.24, 2.45) is 0 Å². The first kappa shape index (κ1) is 20.8. The van der Waals surface area contributed by atoms with E-state index in [9.17, 15) is 13.2 Å². The molecule has 32 heavy (non-hydrogen) atoms. The zero-order valence-corrected chi connectivity index (χ0v) is 17.8. The number of fused-ring (bicyclic) bond motifs is 1. The van der Waals surface area contributed by atoms with Crippen molar-refractivity contribution in [2.45, 2.75) is 25.7 Å². The van der Waals surface area contributed by atoms with E-state index in [1.165, 1.54) is 23.5 Å². The van der Waals surface area contributed by atoms with Crippen LogP contribution in [0.25, 0.3) is 21.8 Å². The Morgan fingerprint density at radius 1 is 1.00 bits per heavy atom. The fourth-order valence-corrected chi connectivity index (χ4v) is 4.88. The Morgan fingerprint density at radius 2 is 1.88 bits per heavy atom. The predicted octanol–water partition coefficient (Wildman–Crippen LogP) is 5.84. The third kappa shape index (κ3) is 4.42. The molecule has 8 heteroatoms. The molecule has 0 unspecified atom stereocenters.